The Balaban J connectivity index is 1.63. The van der Waals surface area contributed by atoms with Gasteiger partial charge >= 0.3 is 0 Å². The van der Waals surface area contributed by atoms with Crippen LogP contribution in [0.3, 0.4) is 0 Å². The predicted octanol–water partition coefficient (Wildman–Crippen LogP) is 6.17. The number of carbonyl (C=O) groups is 1. The van der Waals surface area contributed by atoms with Crippen molar-refractivity contribution in [2.24, 2.45) is 0 Å². The summed E-state index contributed by atoms with van der Waals surface area (Å²) in [6.45, 7) is 0. The molecule has 5 aromatic rings. The molecule has 1 aromatic heterocycles. The second-order valence-corrected chi connectivity index (χ2v) is 8.04. The number of aromatic nitrogens is 1. The zero-order valence-electron chi connectivity index (χ0n) is 18.0. The van der Waals surface area contributed by atoms with Crippen molar-refractivity contribution >= 4 is 39.1 Å². The molecule has 0 saturated carbocycles. The minimum atomic E-state index is -0.498. The Morgan fingerprint density at radius 2 is 1.58 bits per heavy atom. The average molecular weight is 431 g/mol. The summed E-state index contributed by atoms with van der Waals surface area (Å²) in [5.41, 5.74) is 3.09. The number of nitrogens with one attached hydrogen (secondary N) is 1. The van der Waals surface area contributed by atoms with E-state index in [1.165, 1.54) is 0 Å². The van der Waals surface area contributed by atoms with Crippen LogP contribution in [0.2, 0.25) is 0 Å². The fourth-order valence-electron chi connectivity index (χ4n) is 4.62. The van der Waals surface area contributed by atoms with E-state index >= 15 is 0 Å². The van der Waals surface area contributed by atoms with E-state index in [0.717, 1.165) is 32.9 Å². The van der Waals surface area contributed by atoms with E-state index in [0.29, 0.717) is 17.1 Å². The van der Waals surface area contributed by atoms with Crippen molar-refractivity contribution in [3.63, 3.8) is 0 Å². The number of methoxy groups -OCH3 is 1. The molecule has 6 rings (SSSR count). The fourth-order valence-corrected chi connectivity index (χ4v) is 4.62. The van der Waals surface area contributed by atoms with Gasteiger partial charge in [-0.2, -0.15) is 0 Å². The van der Waals surface area contributed by atoms with Gasteiger partial charge in [-0.25, -0.2) is 4.98 Å². The van der Waals surface area contributed by atoms with E-state index < -0.39 is 6.17 Å². The molecular weight excluding hydrogens is 410 g/mol. The van der Waals surface area contributed by atoms with Crippen molar-refractivity contribution in [2.75, 3.05) is 17.3 Å². The van der Waals surface area contributed by atoms with Gasteiger partial charge in [0.2, 0.25) is 0 Å². The molecule has 0 radical (unpaired) electrons. The van der Waals surface area contributed by atoms with Gasteiger partial charge in [-0.3, -0.25) is 9.69 Å². The number of rotatable bonds is 3. The molecule has 4 aromatic carbocycles. The lowest BCUT2D eigenvalue weighted by molar-refractivity contribution is 0.0974. The molecule has 0 bridgehead atoms. The average Bonchev–Trinajstić information content (AvgIpc) is 2.87. The summed E-state index contributed by atoms with van der Waals surface area (Å²) in [7, 11) is 1.66. The van der Waals surface area contributed by atoms with Crippen molar-refractivity contribution in [1.82, 2.24) is 4.98 Å². The number of ether oxygens (including phenoxy) is 1. The molecule has 5 nitrogen and oxygen atoms in total. The molecule has 5 heteroatoms. The second kappa shape index (κ2) is 7.64. The van der Waals surface area contributed by atoms with Crippen LogP contribution in [-0.2, 0) is 0 Å². The van der Waals surface area contributed by atoms with Gasteiger partial charge in [0.1, 0.15) is 17.7 Å². The van der Waals surface area contributed by atoms with Crippen LogP contribution in [0.25, 0.3) is 21.7 Å². The third-order valence-corrected chi connectivity index (χ3v) is 6.16. The van der Waals surface area contributed by atoms with Gasteiger partial charge in [0.15, 0.2) is 0 Å². The summed E-state index contributed by atoms with van der Waals surface area (Å²) in [6.07, 6.45) is -0.498. The highest BCUT2D eigenvalue weighted by Gasteiger charge is 2.37. The predicted molar refractivity (Wildman–Crippen MR) is 132 cm³/mol. The van der Waals surface area contributed by atoms with E-state index in [1.807, 2.05) is 84.9 Å². The highest BCUT2D eigenvalue weighted by atomic mass is 16.5. The largest absolute Gasteiger partial charge is 0.496 e. The molecule has 33 heavy (non-hydrogen) atoms. The first-order valence-corrected chi connectivity index (χ1v) is 10.8. The van der Waals surface area contributed by atoms with Crippen LogP contribution >= 0.6 is 0 Å². The van der Waals surface area contributed by atoms with Crippen molar-refractivity contribution in [1.29, 1.82) is 0 Å². The number of pyridine rings is 1. The fraction of sp³-hybridized carbons (Fsp3) is 0.0714. The number of para-hydroxylation sites is 2. The van der Waals surface area contributed by atoms with Crippen LogP contribution < -0.4 is 15.0 Å². The minimum absolute atomic E-state index is 0.104. The van der Waals surface area contributed by atoms with E-state index in [-0.39, 0.29) is 5.91 Å². The number of fused-ring (bicyclic) bond motifs is 3. The van der Waals surface area contributed by atoms with Crippen molar-refractivity contribution in [3.8, 4) is 5.75 Å². The minimum Gasteiger partial charge on any atom is -0.496 e. The lowest BCUT2D eigenvalue weighted by Gasteiger charge is -2.38. The molecular formula is C28H21N3O2. The number of benzene rings is 4. The maximum Gasteiger partial charge on any atom is 0.264 e. The van der Waals surface area contributed by atoms with Gasteiger partial charge in [-0.1, -0.05) is 66.7 Å². The molecule has 1 aliphatic rings. The number of carbonyl (C=O) groups excluding carboxylic acids is 1. The standard InChI is InChI=1S/C28H21N3O2/c1-33-24-16-15-18-9-5-7-13-21(18)25(24)27-30-26-22(17-19-10-6-8-14-23(19)29-26)28(32)31(27)20-11-3-2-4-12-20/h2-17,27H,1H3,(H,29,30)/t27-/m1/s1. The monoisotopic (exact) mass is 431 g/mol. The first-order valence-electron chi connectivity index (χ1n) is 10.8. The molecule has 0 unspecified atom stereocenters. The lowest BCUT2D eigenvalue weighted by atomic mass is 9.97. The third kappa shape index (κ3) is 3.09. The SMILES string of the molecule is COc1ccc2ccccc2c1[C@@H]1Nc2nc3ccccc3cc2C(=O)N1c1ccccc1. The van der Waals surface area contributed by atoms with Gasteiger partial charge in [0.25, 0.3) is 5.91 Å². The summed E-state index contributed by atoms with van der Waals surface area (Å²) in [6, 6.07) is 31.6. The summed E-state index contributed by atoms with van der Waals surface area (Å²) in [5, 5.41) is 6.59. The van der Waals surface area contributed by atoms with Gasteiger partial charge < -0.3 is 10.1 Å². The number of hydrogen-bond acceptors (Lipinski definition) is 4. The Bertz CT molecular complexity index is 1510. The van der Waals surface area contributed by atoms with Gasteiger partial charge in [-0.05, 0) is 41.1 Å². The smallest absolute Gasteiger partial charge is 0.264 e. The lowest BCUT2D eigenvalue weighted by Crippen LogP contribution is -2.43. The molecule has 0 spiro atoms. The number of amides is 1. The quantitative estimate of drug-likeness (QED) is 0.371. The van der Waals surface area contributed by atoms with Crippen LogP contribution in [0.15, 0.2) is 97.1 Å². The van der Waals surface area contributed by atoms with E-state index in [4.69, 9.17) is 9.72 Å². The summed E-state index contributed by atoms with van der Waals surface area (Å²) in [4.78, 5) is 20.6. The Kier molecular flexibility index (Phi) is 4.47. The zero-order chi connectivity index (χ0) is 22.4. The van der Waals surface area contributed by atoms with Crippen LogP contribution in [0.1, 0.15) is 22.1 Å². The summed E-state index contributed by atoms with van der Waals surface area (Å²) >= 11 is 0. The molecule has 0 aliphatic carbocycles. The molecule has 1 N–H and O–H groups in total. The van der Waals surface area contributed by atoms with Crippen molar-refractivity contribution in [3.05, 3.63) is 108 Å². The van der Waals surface area contributed by atoms with Crippen LogP contribution in [-0.4, -0.2) is 18.0 Å². The summed E-state index contributed by atoms with van der Waals surface area (Å²) < 4.78 is 5.79. The third-order valence-electron chi connectivity index (χ3n) is 6.16. The van der Waals surface area contributed by atoms with Gasteiger partial charge in [-0.15, -0.1) is 0 Å². The topological polar surface area (TPSA) is 54.5 Å². The molecule has 2 heterocycles. The van der Waals surface area contributed by atoms with E-state index in [1.54, 1.807) is 12.0 Å². The highest BCUT2D eigenvalue weighted by molar-refractivity contribution is 6.13. The zero-order valence-corrected chi connectivity index (χ0v) is 18.0. The molecule has 160 valence electrons. The maximum absolute atomic E-state index is 14.0. The van der Waals surface area contributed by atoms with Gasteiger partial charge in [0, 0.05) is 16.6 Å². The molecule has 1 amide bonds. The van der Waals surface area contributed by atoms with E-state index in [9.17, 15) is 4.79 Å². The Morgan fingerprint density at radius 3 is 2.39 bits per heavy atom. The highest BCUT2D eigenvalue weighted by Crippen LogP contribution is 2.42. The Hall–Kier alpha value is -4.38. The first-order chi connectivity index (χ1) is 16.2. The molecule has 1 atom stereocenters. The molecule has 0 saturated heterocycles. The van der Waals surface area contributed by atoms with Crippen LogP contribution in [0.4, 0.5) is 11.5 Å². The maximum atomic E-state index is 14.0. The normalized spacial score (nSPS) is 15.4. The Morgan fingerprint density at radius 1 is 0.848 bits per heavy atom. The van der Waals surface area contributed by atoms with Crippen molar-refractivity contribution in [2.45, 2.75) is 6.17 Å². The second-order valence-electron chi connectivity index (χ2n) is 8.04. The first kappa shape index (κ1) is 19.3. The molecule has 1 aliphatic heterocycles. The Labute approximate surface area is 191 Å². The summed E-state index contributed by atoms with van der Waals surface area (Å²) in [5.74, 6) is 1.18. The number of hydrogen-bond donors (Lipinski definition) is 1. The number of nitrogens with zero attached hydrogens (tertiary/aromatic N) is 2. The van der Waals surface area contributed by atoms with Crippen molar-refractivity contribution < 1.29 is 9.53 Å². The number of anilines is 2. The van der Waals surface area contributed by atoms with E-state index in [2.05, 4.69) is 17.4 Å². The van der Waals surface area contributed by atoms with Gasteiger partial charge in [0.05, 0.1) is 18.2 Å². The van der Waals surface area contributed by atoms with Crippen LogP contribution in [0.5, 0.6) is 5.75 Å². The van der Waals surface area contributed by atoms with Crippen LogP contribution in [0, 0.1) is 0 Å². The molecule has 0 fully saturated rings.